The second-order valence-electron chi connectivity index (χ2n) is 5.30. The van der Waals surface area contributed by atoms with Crippen LogP contribution in [0.4, 0.5) is 5.82 Å². The molecule has 0 saturated heterocycles. The smallest absolute Gasteiger partial charge is 0.313 e. The first kappa shape index (κ1) is 19.2. The predicted octanol–water partition coefficient (Wildman–Crippen LogP) is 1.36. The second-order valence-corrected chi connectivity index (χ2v) is 8.34. The molecule has 25 heavy (non-hydrogen) atoms. The van der Waals surface area contributed by atoms with Gasteiger partial charge in [-0.2, -0.15) is 4.31 Å². The van der Waals surface area contributed by atoms with E-state index in [1.54, 1.807) is 12.1 Å². The third kappa shape index (κ3) is 5.15. The van der Waals surface area contributed by atoms with Crippen molar-refractivity contribution in [1.29, 1.82) is 0 Å². The molecule has 1 aromatic heterocycles. The van der Waals surface area contributed by atoms with Crippen LogP contribution in [0.5, 0.6) is 0 Å². The van der Waals surface area contributed by atoms with E-state index in [1.165, 1.54) is 25.2 Å². The largest absolute Gasteiger partial charge is 0.481 e. The number of anilines is 1. The van der Waals surface area contributed by atoms with Gasteiger partial charge >= 0.3 is 5.97 Å². The topological polar surface area (TPSA) is 126 Å². The Bertz CT molecular complexity index is 870. The minimum atomic E-state index is -3.69. The summed E-state index contributed by atoms with van der Waals surface area (Å²) in [6.45, 7) is 1.79. The van der Waals surface area contributed by atoms with Gasteiger partial charge in [0, 0.05) is 13.1 Å². The molecule has 3 N–H and O–H groups in total. The molecule has 1 heterocycles. The molecule has 1 aromatic carbocycles. The number of nitrogens with zero attached hydrogens (tertiary/aromatic N) is 3. The van der Waals surface area contributed by atoms with Crippen molar-refractivity contribution in [3.05, 3.63) is 41.7 Å². The Kier molecular flexibility index (Phi) is 5.98. The summed E-state index contributed by atoms with van der Waals surface area (Å²) in [6, 6.07) is 7.97. The van der Waals surface area contributed by atoms with Crippen molar-refractivity contribution in [3.8, 4) is 0 Å². The molecular weight excluding hydrogens is 364 g/mol. The average molecular weight is 382 g/mol. The molecule has 0 spiro atoms. The maximum absolute atomic E-state index is 12.6. The van der Waals surface area contributed by atoms with Gasteiger partial charge in [0.1, 0.15) is 16.7 Å². The predicted molar refractivity (Wildman–Crippen MR) is 94.6 cm³/mol. The van der Waals surface area contributed by atoms with Crippen LogP contribution in [0.15, 0.2) is 40.3 Å². The number of aliphatic carboxylic acids is 1. The monoisotopic (exact) mass is 382 g/mol. The van der Waals surface area contributed by atoms with E-state index in [2.05, 4.69) is 9.97 Å². The number of aryl methyl sites for hydroxylation is 1. The molecule has 0 saturated carbocycles. The highest BCUT2D eigenvalue weighted by Crippen LogP contribution is 2.20. The Hall–Kier alpha value is -2.17. The lowest BCUT2D eigenvalue weighted by Gasteiger charge is -2.17. The lowest BCUT2D eigenvalue weighted by Crippen LogP contribution is -2.27. The summed E-state index contributed by atoms with van der Waals surface area (Å²) in [7, 11) is -2.27. The van der Waals surface area contributed by atoms with E-state index in [1.807, 2.05) is 6.92 Å². The summed E-state index contributed by atoms with van der Waals surface area (Å²) in [5.41, 5.74) is 6.66. The number of nitrogens with two attached hydrogens (primary N) is 1. The molecule has 0 aliphatic heterocycles. The summed E-state index contributed by atoms with van der Waals surface area (Å²) in [5, 5.41) is 9.11. The molecule has 0 aliphatic rings. The molecule has 8 nitrogen and oxygen atoms in total. The zero-order valence-corrected chi connectivity index (χ0v) is 15.3. The first-order valence-electron chi connectivity index (χ1n) is 7.19. The van der Waals surface area contributed by atoms with Gasteiger partial charge in [0.2, 0.25) is 10.0 Å². The van der Waals surface area contributed by atoms with Gasteiger partial charge in [-0.3, -0.25) is 4.79 Å². The lowest BCUT2D eigenvalue weighted by atomic mass is 10.2. The Morgan fingerprint density at radius 2 is 1.92 bits per heavy atom. The minimum Gasteiger partial charge on any atom is -0.481 e. The number of benzene rings is 1. The molecule has 134 valence electrons. The van der Waals surface area contributed by atoms with Gasteiger partial charge in [0.05, 0.1) is 17.2 Å². The SMILES string of the molecule is Cc1ccc(S(=O)(=O)N(C)Cc2nc(N)cc(SCC(=O)O)n2)cc1. The van der Waals surface area contributed by atoms with E-state index >= 15 is 0 Å². The standard InChI is InChI=1S/C15H18N4O4S2/c1-10-3-5-11(6-4-10)25(22,23)19(2)8-13-17-12(16)7-14(18-13)24-9-15(20)21/h3-7H,8-9H2,1-2H3,(H,20,21)(H2,16,17,18). The fraction of sp³-hybridized carbons (Fsp3) is 0.267. The van der Waals surface area contributed by atoms with Crippen LogP contribution >= 0.6 is 11.8 Å². The van der Waals surface area contributed by atoms with Gasteiger partial charge in [0.15, 0.2) is 0 Å². The maximum atomic E-state index is 12.6. The molecule has 0 bridgehead atoms. The third-order valence-electron chi connectivity index (χ3n) is 3.21. The summed E-state index contributed by atoms with van der Waals surface area (Å²) in [5.74, 6) is -0.805. The summed E-state index contributed by atoms with van der Waals surface area (Å²) >= 11 is 0.991. The summed E-state index contributed by atoms with van der Waals surface area (Å²) in [4.78, 5) is 19.0. The average Bonchev–Trinajstić information content (AvgIpc) is 2.52. The molecule has 0 unspecified atom stereocenters. The number of sulfonamides is 1. The van der Waals surface area contributed by atoms with Crippen molar-refractivity contribution in [2.45, 2.75) is 23.4 Å². The normalized spacial score (nSPS) is 11.6. The number of aromatic nitrogens is 2. The lowest BCUT2D eigenvalue weighted by molar-refractivity contribution is -0.133. The van der Waals surface area contributed by atoms with Crippen LogP contribution in [-0.4, -0.2) is 46.6 Å². The zero-order valence-electron chi connectivity index (χ0n) is 13.7. The third-order valence-corrected chi connectivity index (χ3v) is 5.92. The van der Waals surface area contributed by atoms with Gasteiger partial charge < -0.3 is 10.8 Å². The highest BCUT2D eigenvalue weighted by molar-refractivity contribution is 7.99. The van der Waals surface area contributed by atoms with Crippen LogP contribution in [0.1, 0.15) is 11.4 Å². The van der Waals surface area contributed by atoms with Crippen molar-refractivity contribution in [2.24, 2.45) is 0 Å². The van der Waals surface area contributed by atoms with E-state index < -0.39 is 16.0 Å². The number of carboxylic acids is 1. The number of rotatable bonds is 7. The zero-order chi connectivity index (χ0) is 18.6. The fourth-order valence-corrected chi connectivity index (χ4v) is 3.72. The number of hydrogen-bond acceptors (Lipinski definition) is 7. The van der Waals surface area contributed by atoms with Gasteiger partial charge in [-0.15, -0.1) is 0 Å². The summed E-state index contributed by atoms with van der Waals surface area (Å²) < 4.78 is 26.3. The van der Waals surface area contributed by atoms with E-state index in [0.29, 0.717) is 5.03 Å². The summed E-state index contributed by atoms with van der Waals surface area (Å²) in [6.07, 6.45) is 0. The van der Waals surface area contributed by atoms with Gasteiger partial charge in [-0.1, -0.05) is 29.5 Å². The van der Waals surface area contributed by atoms with Crippen molar-refractivity contribution in [3.63, 3.8) is 0 Å². The van der Waals surface area contributed by atoms with E-state index in [4.69, 9.17) is 10.8 Å². The molecule has 10 heteroatoms. The Morgan fingerprint density at radius 1 is 1.28 bits per heavy atom. The minimum absolute atomic E-state index is 0.0815. The highest BCUT2D eigenvalue weighted by atomic mass is 32.2. The molecular formula is C15H18N4O4S2. The first-order valence-corrected chi connectivity index (χ1v) is 9.62. The van der Waals surface area contributed by atoms with Crippen molar-refractivity contribution < 1.29 is 18.3 Å². The van der Waals surface area contributed by atoms with Crippen molar-refractivity contribution in [2.75, 3.05) is 18.5 Å². The molecule has 0 fully saturated rings. The molecule has 2 aromatic rings. The molecule has 2 rings (SSSR count). The van der Waals surface area contributed by atoms with Gasteiger partial charge in [-0.05, 0) is 19.1 Å². The number of carbonyl (C=O) groups is 1. The highest BCUT2D eigenvalue weighted by Gasteiger charge is 2.22. The quantitative estimate of drug-likeness (QED) is 0.543. The number of hydrogen-bond donors (Lipinski definition) is 2. The number of thioether (sulfide) groups is 1. The number of nitrogen functional groups attached to an aromatic ring is 1. The van der Waals surface area contributed by atoms with Crippen LogP contribution in [0.2, 0.25) is 0 Å². The Labute approximate surface area is 150 Å². The molecule has 0 aliphatic carbocycles. The molecule has 0 radical (unpaired) electrons. The molecule has 0 atom stereocenters. The van der Waals surface area contributed by atoms with Crippen molar-refractivity contribution >= 4 is 33.6 Å². The first-order chi connectivity index (χ1) is 11.7. The Morgan fingerprint density at radius 3 is 2.52 bits per heavy atom. The van der Waals surface area contributed by atoms with Crippen molar-refractivity contribution in [1.82, 2.24) is 14.3 Å². The van der Waals surface area contributed by atoms with Crippen LogP contribution in [-0.2, 0) is 21.4 Å². The maximum Gasteiger partial charge on any atom is 0.313 e. The van der Waals surface area contributed by atoms with E-state index in [9.17, 15) is 13.2 Å². The van der Waals surface area contributed by atoms with Crippen LogP contribution in [0, 0.1) is 6.92 Å². The van der Waals surface area contributed by atoms with E-state index in [-0.39, 0.29) is 28.8 Å². The van der Waals surface area contributed by atoms with Crippen LogP contribution < -0.4 is 5.73 Å². The molecule has 0 amide bonds. The number of carboxylic acid groups (broad SMARTS) is 1. The Balaban J connectivity index is 2.20. The van der Waals surface area contributed by atoms with Crippen LogP contribution in [0.25, 0.3) is 0 Å². The fourth-order valence-electron chi connectivity index (χ4n) is 1.95. The van der Waals surface area contributed by atoms with Gasteiger partial charge in [-0.25, -0.2) is 18.4 Å². The second kappa shape index (κ2) is 7.81. The van der Waals surface area contributed by atoms with E-state index in [0.717, 1.165) is 21.6 Å². The van der Waals surface area contributed by atoms with Crippen LogP contribution in [0.3, 0.4) is 0 Å². The van der Waals surface area contributed by atoms with Gasteiger partial charge in [0.25, 0.3) is 0 Å².